The standard InChI is InChI=1S/C13H11BrN2O3/c1-18-10-4-3-9(13(19-2)11(10)14)12(17)8-5-6-15-16-7-8/h3-7H,1-2H3. The summed E-state index contributed by atoms with van der Waals surface area (Å²) in [5, 5.41) is 7.34. The summed E-state index contributed by atoms with van der Waals surface area (Å²) in [5.74, 6) is 0.845. The van der Waals surface area contributed by atoms with E-state index < -0.39 is 0 Å². The van der Waals surface area contributed by atoms with Crippen molar-refractivity contribution in [3.8, 4) is 11.5 Å². The van der Waals surface area contributed by atoms with E-state index in [0.29, 0.717) is 27.1 Å². The van der Waals surface area contributed by atoms with Crippen molar-refractivity contribution in [1.82, 2.24) is 10.2 Å². The average Bonchev–Trinajstić information content (AvgIpc) is 2.47. The number of rotatable bonds is 4. The van der Waals surface area contributed by atoms with Gasteiger partial charge >= 0.3 is 0 Å². The van der Waals surface area contributed by atoms with Gasteiger partial charge in [-0.3, -0.25) is 4.79 Å². The van der Waals surface area contributed by atoms with Gasteiger partial charge in [-0.25, -0.2) is 0 Å². The molecule has 1 aromatic heterocycles. The van der Waals surface area contributed by atoms with E-state index in [1.807, 2.05) is 0 Å². The Morgan fingerprint density at radius 3 is 2.53 bits per heavy atom. The maximum atomic E-state index is 12.4. The summed E-state index contributed by atoms with van der Waals surface area (Å²) in [6.07, 6.45) is 2.89. The Balaban J connectivity index is 2.51. The van der Waals surface area contributed by atoms with Gasteiger partial charge in [0.1, 0.15) is 16.0 Å². The summed E-state index contributed by atoms with van der Waals surface area (Å²) >= 11 is 3.36. The molecular weight excluding hydrogens is 312 g/mol. The number of carbonyl (C=O) groups excluding carboxylic acids is 1. The quantitative estimate of drug-likeness (QED) is 0.809. The zero-order chi connectivity index (χ0) is 13.8. The number of benzene rings is 1. The van der Waals surface area contributed by atoms with E-state index in [1.165, 1.54) is 19.5 Å². The molecule has 1 heterocycles. The van der Waals surface area contributed by atoms with E-state index in [1.54, 1.807) is 25.3 Å². The van der Waals surface area contributed by atoms with E-state index in [4.69, 9.17) is 9.47 Å². The molecule has 0 fully saturated rings. The largest absolute Gasteiger partial charge is 0.495 e. The molecule has 0 saturated heterocycles. The minimum atomic E-state index is -0.185. The van der Waals surface area contributed by atoms with Gasteiger partial charge in [0, 0.05) is 5.56 Å². The van der Waals surface area contributed by atoms with Crippen LogP contribution in [0, 0.1) is 0 Å². The Morgan fingerprint density at radius 1 is 1.16 bits per heavy atom. The Bertz CT molecular complexity index is 602. The summed E-state index contributed by atoms with van der Waals surface area (Å²) in [7, 11) is 3.05. The molecule has 0 bridgehead atoms. The average molecular weight is 323 g/mol. The third-order valence-electron chi connectivity index (χ3n) is 2.58. The molecule has 98 valence electrons. The molecule has 0 N–H and O–H groups in total. The maximum Gasteiger partial charge on any atom is 0.198 e. The van der Waals surface area contributed by atoms with Crippen LogP contribution < -0.4 is 9.47 Å². The molecule has 2 rings (SSSR count). The predicted octanol–water partition coefficient (Wildman–Crippen LogP) is 2.49. The van der Waals surface area contributed by atoms with Gasteiger partial charge in [0.25, 0.3) is 0 Å². The fourth-order valence-corrected chi connectivity index (χ4v) is 2.32. The molecule has 0 saturated carbocycles. The van der Waals surface area contributed by atoms with Gasteiger partial charge < -0.3 is 9.47 Å². The smallest absolute Gasteiger partial charge is 0.198 e. The molecule has 0 aliphatic carbocycles. The highest BCUT2D eigenvalue weighted by Gasteiger charge is 2.19. The molecule has 0 atom stereocenters. The normalized spacial score (nSPS) is 10.1. The van der Waals surface area contributed by atoms with Crippen molar-refractivity contribution < 1.29 is 14.3 Å². The summed E-state index contributed by atoms with van der Waals surface area (Å²) in [6.45, 7) is 0. The highest BCUT2D eigenvalue weighted by Crippen LogP contribution is 2.37. The van der Waals surface area contributed by atoms with E-state index in [9.17, 15) is 4.79 Å². The highest BCUT2D eigenvalue weighted by molar-refractivity contribution is 9.10. The number of aromatic nitrogens is 2. The number of hydrogen-bond acceptors (Lipinski definition) is 5. The van der Waals surface area contributed by atoms with E-state index in [2.05, 4.69) is 26.1 Å². The number of ether oxygens (including phenoxy) is 2. The number of carbonyl (C=O) groups is 1. The third-order valence-corrected chi connectivity index (χ3v) is 3.33. The van der Waals surface area contributed by atoms with Crippen molar-refractivity contribution in [3.63, 3.8) is 0 Å². The van der Waals surface area contributed by atoms with Gasteiger partial charge in [0.2, 0.25) is 0 Å². The maximum absolute atomic E-state index is 12.4. The molecule has 5 nitrogen and oxygen atoms in total. The highest BCUT2D eigenvalue weighted by atomic mass is 79.9. The minimum absolute atomic E-state index is 0.185. The first-order chi connectivity index (χ1) is 9.19. The lowest BCUT2D eigenvalue weighted by Gasteiger charge is -2.12. The molecule has 2 aromatic rings. The molecule has 1 aromatic carbocycles. The van der Waals surface area contributed by atoms with Crippen LogP contribution in [-0.2, 0) is 0 Å². The zero-order valence-electron chi connectivity index (χ0n) is 10.4. The first-order valence-electron chi connectivity index (χ1n) is 5.41. The summed E-state index contributed by atoms with van der Waals surface area (Å²) < 4.78 is 11.0. The lowest BCUT2D eigenvalue weighted by molar-refractivity contribution is 0.103. The Hall–Kier alpha value is -1.95. The summed E-state index contributed by atoms with van der Waals surface area (Å²) in [5.41, 5.74) is 0.883. The van der Waals surface area contributed by atoms with E-state index >= 15 is 0 Å². The summed E-state index contributed by atoms with van der Waals surface area (Å²) in [4.78, 5) is 12.4. The van der Waals surface area contributed by atoms with Crippen LogP contribution >= 0.6 is 15.9 Å². The number of halogens is 1. The van der Waals surface area contributed by atoms with Crippen LogP contribution in [0.15, 0.2) is 35.1 Å². The van der Waals surface area contributed by atoms with Crippen molar-refractivity contribution in [2.75, 3.05) is 14.2 Å². The molecule has 6 heteroatoms. The molecular formula is C13H11BrN2O3. The first kappa shape index (κ1) is 13.5. The second-order valence-corrected chi connectivity index (χ2v) is 4.42. The van der Waals surface area contributed by atoms with Crippen LogP contribution in [0.5, 0.6) is 11.5 Å². The topological polar surface area (TPSA) is 61.3 Å². The second kappa shape index (κ2) is 5.79. The van der Waals surface area contributed by atoms with Crippen LogP contribution in [0.3, 0.4) is 0 Å². The van der Waals surface area contributed by atoms with Gasteiger partial charge in [-0.1, -0.05) is 0 Å². The van der Waals surface area contributed by atoms with Crippen LogP contribution in [-0.4, -0.2) is 30.2 Å². The number of methoxy groups -OCH3 is 2. The van der Waals surface area contributed by atoms with Crippen LogP contribution in [0.2, 0.25) is 0 Å². The van der Waals surface area contributed by atoms with Crippen molar-refractivity contribution in [2.24, 2.45) is 0 Å². The van der Waals surface area contributed by atoms with Gasteiger partial charge in [0.15, 0.2) is 5.78 Å². The molecule has 0 aliphatic heterocycles. The fraction of sp³-hybridized carbons (Fsp3) is 0.154. The van der Waals surface area contributed by atoms with Crippen molar-refractivity contribution >= 4 is 21.7 Å². The molecule has 0 aliphatic rings. The number of hydrogen-bond donors (Lipinski definition) is 0. The zero-order valence-corrected chi connectivity index (χ0v) is 12.0. The monoisotopic (exact) mass is 322 g/mol. The number of nitrogens with zero attached hydrogens (tertiary/aromatic N) is 2. The predicted molar refractivity (Wildman–Crippen MR) is 72.7 cm³/mol. The van der Waals surface area contributed by atoms with E-state index in [-0.39, 0.29) is 5.78 Å². The Morgan fingerprint density at radius 2 is 1.95 bits per heavy atom. The van der Waals surface area contributed by atoms with Gasteiger partial charge in [-0.15, -0.1) is 0 Å². The first-order valence-corrected chi connectivity index (χ1v) is 6.20. The van der Waals surface area contributed by atoms with Crippen molar-refractivity contribution in [2.45, 2.75) is 0 Å². The fourth-order valence-electron chi connectivity index (χ4n) is 1.65. The van der Waals surface area contributed by atoms with Gasteiger partial charge in [-0.05, 0) is 34.1 Å². The molecule has 0 unspecified atom stereocenters. The van der Waals surface area contributed by atoms with E-state index in [0.717, 1.165) is 0 Å². The van der Waals surface area contributed by atoms with Crippen molar-refractivity contribution in [1.29, 1.82) is 0 Å². The van der Waals surface area contributed by atoms with Crippen molar-refractivity contribution in [3.05, 3.63) is 46.2 Å². The van der Waals surface area contributed by atoms with Crippen LogP contribution in [0.1, 0.15) is 15.9 Å². The minimum Gasteiger partial charge on any atom is -0.495 e. The Labute approximate surface area is 118 Å². The molecule has 0 spiro atoms. The van der Waals surface area contributed by atoms with Crippen LogP contribution in [0.4, 0.5) is 0 Å². The molecule has 19 heavy (non-hydrogen) atoms. The van der Waals surface area contributed by atoms with Gasteiger partial charge in [-0.2, -0.15) is 10.2 Å². The third kappa shape index (κ3) is 2.58. The van der Waals surface area contributed by atoms with Gasteiger partial charge in [0.05, 0.1) is 32.2 Å². The SMILES string of the molecule is COc1ccc(C(=O)c2ccnnc2)c(OC)c1Br. The lowest BCUT2D eigenvalue weighted by atomic mass is 10.0. The Kier molecular flexibility index (Phi) is 4.11. The molecule has 0 radical (unpaired) electrons. The summed E-state index contributed by atoms with van der Waals surface area (Å²) in [6, 6.07) is 4.96. The molecule has 0 amide bonds. The second-order valence-electron chi connectivity index (χ2n) is 3.62. The lowest BCUT2D eigenvalue weighted by Crippen LogP contribution is -2.05. The number of ketones is 1. The van der Waals surface area contributed by atoms with Crippen LogP contribution in [0.25, 0.3) is 0 Å².